The highest BCUT2D eigenvalue weighted by Gasteiger charge is 2.31. The second-order valence-corrected chi connectivity index (χ2v) is 10.5. The molecule has 0 unspecified atom stereocenters. The summed E-state index contributed by atoms with van der Waals surface area (Å²) in [4.78, 5) is 12.9. The van der Waals surface area contributed by atoms with Crippen LogP contribution in [0.3, 0.4) is 0 Å². The minimum atomic E-state index is -3.59. The van der Waals surface area contributed by atoms with Crippen molar-refractivity contribution in [1.82, 2.24) is 14.5 Å². The third-order valence-electron chi connectivity index (χ3n) is 4.09. The molecule has 0 aliphatic rings. The molecule has 10 heteroatoms. The van der Waals surface area contributed by atoms with E-state index in [0.29, 0.717) is 10.7 Å². The van der Waals surface area contributed by atoms with Gasteiger partial charge < -0.3 is 0 Å². The zero-order valence-electron chi connectivity index (χ0n) is 15.8. The van der Waals surface area contributed by atoms with Gasteiger partial charge in [0.05, 0.1) is 6.26 Å². The number of sulfonamides is 1. The predicted molar refractivity (Wildman–Crippen MR) is 116 cm³/mol. The summed E-state index contributed by atoms with van der Waals surface area (Å²) in [7, 11) is -2.20. The number of aromatic nitrogens is 2. The number of benzene rings is 2. The first-order valence-electron chi connectivity index (χ1n) is 8.63. The number of amides is 1. The van der Waals surface area contributed by atoms with Crippen LogP contribution in [0.2, 0.25) is 0 Å². The number of carbonyl (C=O) groups is 1. The molecule has 1 heterocycles. The standard InChI is InChI=1S/C19H20N4O3S3/c1-23(29(2,25)26)16(15-11-7-4-8-12-15)17(24)20-18-21-22-19(28-18)27-13-14-9-5-3-6-10-14/h3-12,16H,13H2,1-2H3,(H,20,21,24)/t16-/m1/s1. The van der Waals surface area contributed by atoms with Crippen LogP contribution in [0.25, 0.3) is 0 Å². The molecule has 1 N–H and O–H groups in total. The Hall–Kier alpha value is -2.27. The van der Waals surface area contributed by atoms with Crippen LogP contribution in [0.15, 0.2) is 65.0 Å². The first kappa shape index (κ1) is 21.4. The van der Waals surface area contributed by atoms with Gasteiger partial charge in [0.15, 0.2) is 4.34 Å². The van der Waals surface area contributed by atoms with E-state index in [1.54, 1.807) is 30.3 Å². The Morgan fingerprint density at radius 1 is 1.10 bits per heavy atom. The van der Waals surface area contributed by atoms with Crippen LogP contribution in [-0.4, -0.2) is 42.1 Å². The average molecular weight is 449 g/mol. The largest absolute Gasteiger partial charge is 0.299 e. The summed E-state index contributed by atoms with van der Waals surface area (Å²) in [6.45, 7) is 0. The summed E-state index contributed by atoms with van der Waals surface area (Å²) in [5.74, 6) is 0.257. The number of carbonyl (C=O) groups excluding carboxylic acids is 1. The molecule has 0 aliphatic carbocycles. The lowest BCUT2D eigenvalue weighted by atomic mass is 10.1. The van der Waals surface area contributed by atoms with Crippen molar-refractivity contribution in [2.75, 3.05) is 18.6 Å². The molecule has 29 heavy (non-hydrogen) atoms. The van der Waals surface area contributed by atoms with Gasteiger partial charge in [-0.25, -0.2) is 8.42 Å². The number of rotatable bonds is 8. The van der Waals surface area contributed by atoms with E-state index in [2.05, 4.69) is 15.5 Å². The number of hydrogen-bond donors (Lipinski definition) is 1. The Morgan fingerprint density at radius 3 is 2.34 bits per heavy atom. The fourth-order valence-corrected chi connectivity index (χ4v) is 4.88. The molecule has 0 saturated carbocycles. The molecule has 0 radical (unpaired) electrons. The molecule has 0 aliphatic heterocycles. The van der Waals surface area contributed by atoms with Gasteiger partial charge in [0.2, 0.25) is 21.1 Å². The monoisotopic (exact) mass is 448 g/mol. The maximum Gasteiger partial charge on any atom is 0.249 e. The molecule has 3 rings (SSSR count). The summed E-state index contributed by atoms with van der Waals surface area (Å²) < 4.78 is 25.9. The molecule has 3 aromatic rings. The second-order valence-electron chi connectivity index (χ2n) is 6.23. The summed E-state index contributed by atoms with van der Waals surface area (Å²) in [6.07, 6.45) is 1.07. The van der Waals surface area contributed by atoms with Gasteiger partial charge in [0.25, 0.3) is 0 Å². The van der Waals surface area contributed by atoms with Gasteiger partial charge in [0.1, 0.15) is 6.04 Å². The van der Waals surface area contributed by atoms with E-state index < -0.39 is 22.0 Å². The fourth-order valence-electron chi connectivity index (χ4n) is 2.56. The molecule has 0 bridgehead atoms. The van der Waals surface area contributed by atoms with E-state index in [0.717, 1.165) is 26.2 Å². The third kappa shape index (κ3) is 5.86. The Labute approximate surface area is 178 Å². The molecular weight excluding hydrogens is 428 g/mol. The molecule has 1 atom stereocenters. The number of thioether (sulfide) groups is 1. The van der Waals surface area contributed by atoms with Crippen molar-refractivity contribution in [3.8, 4) is 0 Å². The Morgan fingerprint density at radius 2 is 1.72 bits per heavy atom. The van der Waals surface area contributed by atoms with Gasteiger partial charge >= 0.3 is 0 Å². The molecule has 152 valence electrons. The normalized spacial score (nSPS) is 12.7. The average Bonchev–Trinajstić information content (AvgIpc) is 3.15. The molecular formula is C19H20N4O3S3. The lowest BCUT2D eigenvalue weighted by Crippen LogP contribution is -2.38. The first-order chi connectivity index (χ1) is 13.8. The molecule has 7 nitrogen and oxygen atoms in total. The summed E-state index contributed by atoms with van der Waals surface area (Å²) in [5.41, 5.74) is 1.73. The highest BCUT2D eigenvalue weighted by atomic mass is 32.2. The van der Waals surface area contributed by atoms with E-state index in [9.17, 15) is 13.2 Å². The van der Waals surface area contributed by atoms with Crippen LogP contribution >= 0.6 is 23.1 Å². The highest BCUT2D eigenvalue weighted by Crippen LogP contribution is 2.30. The van der Waals surface area contributed by atoms with Gasteiger partial charge in [-0.15, -0.1) is 10.2 Å². The summed E-state index contributed by atoms with van der Waals surface area (Å²) in [5, 5.41) is 11.1. The molecule has 0 fully saturated rings. The van der Waals surface area contributed by atoms with E-state index in [4.69, 9.17) is 0 Å². The fraction of sp³-hybridized carbons (Fsp3) is 0.211. The van der Waals surface area contributed by atoms with Crippen LogP contribution in [-0.2, 0) is 20.6 Å². The smallest absolute Gasteiger partial charge is 0.249 e. The predicted octanol–water partition coefficient (Wildman–Crippen LogP) is 3.40. The molecule has 1 aromatic heterocycles. The lowest BCUT2D eigenvalue weighted by Gasteiger charge is -2.25. The maximum absolute atomic E-state index is 12.9. The lowest BCUT2D eigenvalue weighted by molar-refractivity contribution is -0.119. The second kappa shape index (κ2) is 9.49. The van der Waals surface area contributed by atoms with Crippen molar-refractivity contribution in [2.45, 2.75) is 16.1 Å². The number of likely N-dealkylation sites (N-methyl/N-ethyl adjacent to an activating group) is 1. The molecule has 1 amide bonds. The minimum absolute atomic E-state index is 0.327. The number of nitrogens with one attached hydrogen (secondary N) is 1. The number of anilines is 1. The van der Waals surface area contributed by atoms with Crippen LogP contribution in [0, 0.1) is 0 Å². The topological polar surface area (TPSA) is 92.3 Å². The van der Waals surface area contributed by atoms with Gasteiger partial charge in [-0.3, -0.25) is 10.1 Å². The third-order valence-corrected chi connectivity index (χ3v) is 7.39. The Kier molecular flexibility index (Phi) is 7.01. The Balaban J connectivity index is 1.72. The van der Waals surface area contributed by atoms with Crippen LogP contribution < -0.4 is 5.32 Å². The van der Waals surface area contributed by atoms with Gasteiger partial charge in [-0.05, 0) is 11.1 Å². The van der Waals surface area contributed by atoms with Crippen LogP contribution in [0.5, 0.6) is 0 Å². The SMILES string of the molecule is CN([C@@H](C(=O)Nc1nnc(SCc2ccccc2)s1)c1ccccc1)S(C)(=O)=O. The first-order valence-corrected chi connectivity index (χ1v) is 12.3. The quantitative estimate of drug-likeness (QED) is 0.419. The van der Waals surface area contributed by atoms with Crippen molar-refractivity contribution in [3.63, 3.8) is 0 Å². The van der Waals surface area contributed by atoms with Crippen LogP contribution in [0.4, 0.5) is 5.13 Å². The van der Waals surface area contributed by atoms with Crippen molar-refractivity contribution in [1.29, 1.82) is 0 Å². The van der Waals surface area contributed by atoms with Gasteiger partial charge in [0, 0.05) is 12.8 Å². The van der Waals surface area contributed by atoms with Crippen molar-refractivity contribution in [3.05, 3.63) is 71.8 Å². The van der Waals surface area contributed by atoms with Crippen molar-refractivity contribution < 1.29 is 13.2 Å². The zero-order chi connectivity index (χ0) is 20.9. The highest BCUT2D eigenvalue weighted by molar-refractivity contribution is 8.00. The molecule has 0 spiro atoms. The summed E-state index contributed by atoms with van der Waals surface area (Å²) in [6, 6.07) is 17.7. The van der Waals surface area contributed by atoms with E-state index in [-0.39, 0.29) is 0 Å². The summed E-state index contributed by atoms with van der Waals surface area (Å²) >= 11 is 2.78. The van der Waals surface area contributed by atoms with Crippen molar-refractivity contribution >= 4 is 44.2 Å². The maximum atomic E-state index is 12.9. The minimum Gasteiger partial charge on any atom is -0.299 e. The molecule has 2 aromatic carbocycles. The van der Waals surface area contributed by atoms with E-state index >= 15 is 0 Å². The number of nitrogens with zero attached hydrogens (tertiary/aromatic N) is 3. The van der Waals surface area contributed by atoms with Gasteiger partial charge in [-0.2, -0.15) is 4.31 Å². The zero-order valence-corrected chi connectivity index (χ0v) is 18.3. The van der Waals surface area contributed by atoms with Gasteiger partial charge in [-0.1, -0.05) is 83.8 Å². The van der Waals surface area contributed by atoms with Crippen molar-refractivity contribution in [2.24, 2.45) is 0 Å². The van der Waals surface area contributed by atoms with Crippen LogP contribution in [0.1, 0.15) is 17.2 Å². The number of hydrogen-bond acceptors (Lipinski definition) is 7. The van der Waals surface area contributed by atoms with E-state index in [1.807, 2.05) is 30.3 Å². The molecule has 0 saturated heterocycles. The Bertz CT molecular complexity index is 1060. The van der Waals surface area contributed by atoms with E-state index in [1.165, 1.54) is 30.1 Å².